The maximum Gasteiger partial charge on any atom is 0.187 e. The second-order valence-electron chi connectivity index (χ2n) is 6.66. The molecule has 1 aliphatic carbocycles. The maximum atomic E-state index is 12.0. The van der Waals surface area contributed by atoms with Crippen molar-refractivity contribution in [3.8, 4) is 0 Å². The van der Waals surface area contributed by atoms with Crippen molar-refractivity contribution in [1.29, 1.82) is 0 Å². The van der Waals surface area contributed by atoms with Gasteiger partial charge in [0.15, 0.2) is 5.78 Å². The molecule has 0 bridgehead atoms. The number of hydrogen-bond donors (Lipinski definition) is 1. The van der Waals surface area contributed by atoms with Crippen molar-refractivity contribution >= 4 is 12.1 Å². The molecule has 0 aliphatic heterocycles. The number of aldehydes is 1. The van der Waals surface area contributed by atoms with Crippen molar-refractivity contribution in [2.45, 2.75) is 47.1 Å². The molecule has 0 saturated carbocycles. The molecule has 3 nitrogen and oxygen atoms in total. The van der Waals surface area contributed by atoms with Crippen LogP contribution in [0, 0.1) is 5.41 Å². The lowest BCUT2D eigenvalue weighted by atomic mass is 9.71. The topological polar surface area (TPSA) is 54.4 Å². The molecular weight excluding hydrogens is 288 g/mol. The monoisotopic (exact) mass is 314 g/mol. The van der Waals surface area contributed by atoms with Gasteiger partial charge in [0, 0.05) is 0 Å². The van der Waals surface area contributed by atoms with E-state index in [4.69, 9.17) is 0 Å². The number of aliphatic hydroxyl groups excluding tert-OH is 1. The standard InChI is InChI=1S/C20H26O3/c1-14(7-6-8-15(2)11-12-21)9-10-17-16(3)19(23)18(22)13-20(17,4)5/h6-12,18,22H,13H2,1-5H3. The fourth-order valence-corrected chi connectivity index (χ4v) is 2.71. The summed E-state index contributed by atoms with van der Waals surface area (Å²) in [5.74, 6) is -0.180. The van der Waals surface area contributed by atoms with Crippen LogP contribution in [0.3, 0.4) is 0 Å². The van der Waals surface area contributed by atoms with Crippen molar-refractivity contribution in [1.82, 2.24) is 0 Å². The van der Waals surface area contributed by atoms with Crippen molar-refractivity contribution in [3.05, 3.63) is 58.7 Å². The van der Waals surface area contributed by atoms with Crippen LogP contribution in [0.25, 0.3) is 0 Å². The Morgan fingerprint density at radius 2 is 1.78 bits per heavy atom. The Bertz CT molecular complexity index is 625. The van der Waals surface area contributed by atoms with E-state index in [2.05, 4.69) is 0 Å². The molecule has 0 saturated heterocycles. The van der Waals surface area contributed by atoms with Crippen LogP contribution in [0.15, 0.2) is 58.7 Å². The van der Waals surface area contributed by atoms with Gasteiger partial charge in [-0.15, -0.1) is 0 Å². The van der Waals surface area contributed by atoms with Gasteiger partial charge in [-0.1, -0.05) is 49.8 Å². The molecule has 0 amide bonds. The van der Waals surface area contributed by atoms with E-state index in [1.165, 1.54) is 6.08 Å². The summed E-state index contributed by atoms with van der Waals surface area (Å²) >= 11 is 0. The third-order valence-corrected chi connectivity index (χ3v) is 4.07. The van der Waals surface area contributed by atoms with Crippen molar-refractivity contribution < 1.29 is 14.7 Å². The van der Waals surface area contributed by atoms with E-state index in [0.29, 0.717) is 12.0 Å². The smallest absolute Gasteiger partial charge is 0.187 e. The van der Waals surface area contributed by atoms with E-state index >= 15 is 0 Å². The van der Waals surface area contributed by atoms with Gasteiger partial charge in [0.25, 0.3) is 0 Å². The Morgan fingerprint density at radius 1 is 1.17 bits per heavy atom. The summed E-state index contributed by atoms with van der Waals surface area (Å²) in [5.41, 5.74) is 3.31. The van der Waals surface area contributed by atoms with Gasteiger partial charge < -0.3 is 5.11 Å². The molecule has 0 aromatic rings. The lowest BCUT2D eigenvalue weighted by molar-refractivity contribution is -0.125. The molecule has 1 atom stereocenters. The molecule has 3 heteroatoms. The SMILES string of the molecule is CC(C=CC=C(C)C=CC1=C(C)C(=O)C(O)CC1(C)C)=CC=O. The van der Waals surface area contributed by atoms with Crippen molar-refractivity contribution in [2.24, 2.45) is 5.41 Å². The molecule has 0 fully saturated rings. The minimum Gasteiger partial charge on any atom is -0.385 e. The van der Waals surface area contributed by atoms with Crippen LogP contribution in [0.2, 0.25) is 0 Å². The average Bonchev–Trinajstić information content (AvgIpc) is 2.44. The zero-order valence-electron chi connectivity index (χ0n) is 14.6. The number of ketones is 1. The third-order valence-electron chi connectivity index (χ3n) is 4.07. The van der Waals surface area contributed by atoms with Crippen LogP contribution >= 0.6 is 0 Å². The maximum absolute atomic E-state index is 12.0. The molecule has 0 heterocycles. The van der Waals surface area contributed by atoms with Crippen molar-refractivity contribution in [3.63, 3.8) is 0 Å². The zero-order chi connectivity index (χ0) is 17.6. The third kappa shape index (κ3) is 5.29. The Balaban J connectivity index is 2.96. The van der Waals surface area contributed by atoms with Gasteiger partial charge in [-0.3, -0.25) is 9.59 Å². The highest BCUT2D eigenvalue weighted by Gasteiger charge is 2.36. The van der Waals surface area contributed by atoms with Gasteiger partial charge in [-0.2, -0.15) is 0 Å². The summed E-state index contributed by atoms with van der Waals surface area (Å²) < 4.78 is 0. The van der Waals surface area contributed by atoms with Crippen LogP contribution in [-0.4, -0.2) is 23.3 Å². The van der Waals surface area contributed by atoms with Crippen LogP contribution in [0.1, 0.15) is 41.0 Å². The van der Waals surface area contributed by atoms with E-state index in [0.717, 1.165) is 23.0 Å². The van der Waals surface area contributed by atoms with Crippen LogP contribution in [-0.2, 0) is 9.59 Å². The fourth-order valence-electron chi connectivity index (χ4n) is 2.71. The van der Waals surface area contributed by atoms with E-state index in [1.807, 2.05) is 58.1 Å². The molecular formula is C20H26O3. The summed E-state index contributed by atoms with van der Waals surface area (Å²) in [6, 6.07) is 0. The zero-order valence-corrected chi connectivity index (χ0v) is 14.6. The van der Waals surface area contributed by atoms with Crippen LogP contribution < -0.4 is 0 Å². The lowest BCUT2D eigenvalue weighted by Gasteiger charge is -2.34. The molecule has 1 N–H and O–H groups in total. The number of allylic oxidation sites excluding steroid dienone is 9. The summed E-state index contributed by atoms with van der Waals surface area (Å²) in [4.78, 5) is 22.3. The molecule has 0 spiro atoms. The molecule has 1 rings (SSSR count). The van der Waals surface area contributed by atoms with Gasteiger partial charge >= 0.3 is 0 Å². The van der Waals surface area contributed by atoms with E-state index in [-0.39, 0.29) is 11.2 Å². The fraction of sp³-hybridized carbons (Fsp3) is 0.400. The normalized spacial score (nSPS) is 23.2. The van der Waals surface area contributed by atoms with Crippen molar-refractivity contribution in [2.75, 3.05) is 0 Å². The van der Waals surface area contributed by atoms with Crippen LogP contribution in [0.5, 0.6) is 0 Å². The second-order valence-corrected chi connectivity index (χ2v) is 6.66. The molecule has 1 aliphatic rings. The quantitative estimate of drug-likeness (QED) is 0.476. The van der Waals surface area contributed by atoms with E-state index in [9.17, 15) is 14.7 Å². The number of Topliss-reactive ketones (excluding diaryl/α,β-unsaturated/α-hetero) is 1. The second kappa shape index (κ2) is 8.02. The summed E-state index contributed by atoms with van der Waals surface area (Å²) in [6.07, 6.45) is 11.4. The van der Waals surface area contributed by atoms with Gasteiger partial charge in [-0.05, 0) is 55.4 Å². The predicted octanol–water partition coefficient (Wildman–Crippen LogP) is 3.87. The Morgan fingerprint density at radius 3 is 2.39 bits per heavy atom. The van der Waals surface area contributed by atoms with Gasteiger partial charge in [0.2, 0.25) is 0 Å². The van der Waals surface area contributed by atoms with Crippen LogP contribution in [0.4, 0.5) is 0 Å². The lowest BCUT2D eigenvalue weighted by Crippen LogP contribution is -2.35. The van der Waals surface area contributed by atoms with E-state index in [1.54, 1.807) is 6.92 Å². The number of rotatable bonds is 5. The first kappa shape index (κ1) is 19.0. The number of carbonyl (C=O) groups is 2. The predicted molar refractivity (Wildman–Crippen MR) is 94.0 cm³/mol. The molecule has 0 aromatic heterocycles. The van der Waals surface area contributed by atoms with Gasteiger partial charge in [0.05, 0.1) is 0 Å². The summed E-state index contributed by atoms with van der Waals surface area (Å²) in [7, 11) is 0. The molecule has 23 heavy (non-hydrogen) atoms. The highest BCUT2D eigenvalue weighted by molar-refractivity contribution is 6.00. The number of hydrogen-bond acceptors (Lipinski definition) is 3. The first-order valence-electron chi connectivity index (χ1n) is 7.78. The molecule has 124 valence electrons. The summed E-state index contributed by atoms with van der Waals surface area (Å²) in [6.45, 7) is 9.69. The minimum atomic E-state index is -0.894. The van der Waals surface area contributed by atoms with Gasteiger partial charge in [0.1, 0.15) is 12.4 Å². The van der Waals surface area contributed by atoms with E-state index < -0.39 is 6.10 Å². The number of carbonyl (C=O) groups excluding carboxylic acids is 2. The Kier molecular flexibility index (Phi) is 6.64. The Labute approximate surface area is 138 Å². The largest absolute Gasteiger partial charge is 0.385 e. The summed E-state index contributed by atoms with van der Waals surface area (Å²) in [5, 5.41) is 9.83. The minimum absolute atomic E-state index is 0.180. The molecule has 1 unspecified atom stereocenters. The molecule has 0 aromatic carbocycles. The van der Waals surface area contributed by atoms with Gasteiger partial charge in [-0.25, -0.2) is 0 Å². The average molecular weight is 314 g/mol. The first-order valence-corrected chi connectivity index (χ1v) is 7.78. The molecule has 0 radical (unpaired) electrons. The highest BCUT2D eigenvalue weighted by atomic mass is 16.3. The number of aliphatic hydroxyl groups is 1. The highest BCUT2D eigenvalue weighted by Crippen LogP contribution is 2.39. The Hall–Kier alpha value is -2.00. The first-order chi connectivity index (χ1) is 10.7.